The van der Waals surface area contributed by atoms with Crippen molar-refractivity contribution in [3.05, 3.63) is 11.6 Å². The van der Waals surface area contributed by atoms with E-state index in [1.807, 2.05) is 0 Å². The molecule has 1 saturated heterocycles. The second kappa shape index (κ2) is 5.48. The molecule has 3 aliphatic rings. The van der Waals surface area contributed by atoms with Crippen LogP contribution in [0.4, 0.5) is 0 Å². The number of methoxy groups -OCH3 is 1. The Morgan fingerprint density at radius 1 is 1.32 bits per heavy atom. The summed E-state index contributed by atoms with van der Waals surface area (Å²) >= 11 is 0. The lowest BCUT2D eigenvalue weighted by Gasteiger charge is -2.38. The lowest BCUT2D eigenvalue weighted by atomic mass is 9.76. The molecular formula is C15H18O7. The van der Waals surface area contributed by atoms with Crippen LogP contribution in [-0.2, 0) is 33.3 Å². The fourth-order valence-corrected chi connectivity index (χ4v) is 3.77. The van der Waals surface area contributed by atoms with Crippen LogP contribution in [0, 0.1) is 11.8 Å². The van der Waals surface area contributed by atoms with Gasteiger partial charge in [-0.25, -0.2) is 4.79 Å². The summed E-state index contributed by atoms with van der Waals surface area (Å²) in [5.41, 5.74) is 0.303. The molecule has 0 aromatic rings. The highest BCUT2D eigenvalue weighted by molar-refractivity contribution is 6.04. The van der Waals surface area contributed by atoms with E-state index >= 15 is 0 Å². The molecule has 7 nitrogen and oxygen atoms in total. The molecule has 120 valence electrons. The van der Waals surface area contributed by atoms with E-state index < -0.39 is 35.5 Å². The number of hydrogen-bond acceptors (Lipinski definition) is 7. The average Bonchev–Trinajstić information content (AvgIpc) is 3.09. The number of rotatable bonds is 2. The molecule has 7 heteroatoms. The van der Waals surface area contributed by atoms with Gasteiger partial charge >= 0.3 is 11.9 Å². The van der Waals surface area contributed by atoms with Crippen molar-refractivity contribution in [1.82, 2.24) is 0 Å². The van der Waals surface area contributed by atoms with Crippen molar-refractivity contribution in [3.8, 4) is 0 Å². The minimum absolute atomic E-state index is 0.285. The molecular weight excluding hydrogens is 292 g/mol. The predicted octanol–water partition coefficient (Wildman–Crippen LogP) is 0.369. The summed E-state index contributed by atoms with van der Waals surface area (Å²) in [7, 11) is 1.27. The maximum Gasteiger partial charge on any atom is 0.334 e. The number of fused-ring (bicyclic) bond motifs is 2. The Kier molecular flexibility index (Phi) is 3.78. The van der Waals surface area contributed by atoms with Gasteiger partial charge in [-0.05, 0) is 12.5 Å². The fraction of sp³-hybridized carbons (Fsp3) is 0.667. The predicted molar refractivity (Wildman–Crippen MR) is 71.5 cm³/mol. The van der Waals surface area contributed by atoms with Gasteiger partial charge in [0.1, 0.15) is 0 Å². The van der Waals surface area contributed by atoms with Crippen molar-refractivity contribution in [2.24, 2.45) is 11.8 Å². The van der Waals surface area contributed by atoms with Crippen LogP contribution in [0.3, 0.4) is 0 Å². The van der Waals surface area contributed by atoms with E-state index in [1.54, 1.807) is 0 Å². The van der Waals surface area contributed by atoms with Crippen molar-refractivity contribution in [3.63, 3.8) is 0 Å². The Morgan fingerprint density at radius 2 is 2.00 bits per heavy atom. The van der Waals surface area contributed by atoms with Gasteiger partial charge in [-0.1, -0.05) is 0 Å². The highest BCUT2D eigenvalue weighted by Gasteiger charge is 2.61. The van der Waals surface area contributed by atoms with Gasteiger partial charge in [-0.2, -0.15) is 0 Å². The topological polar surface area (TPSA) is 88.1 Å². The first kappa shape index (κ1) is 15.2. The SMILES string of the molecule is COC(=O)C1=CC(=O)[C@H](OC(C)=O)[C@@H]2[C@H]1CCC21OCCO1. The molecule has 0 radical (unpaired) electrons. The van der Waals surface area contributed by atoms with E-state index in [1.165, 1.54) is 20.1 Å². The first-order chi connectivity index (χ1) is 10.5. The van der Waals surface area contributed by atoms with Crippen LogP contribution >= 0.6 is 0 Å². The summed E-state index contributed by atoms with van der Waals surface area (Å²) in [4.78, 5) is 35.7. The van der Waals surface area contributed by atoms with Crippen molar-refractivity contribution in [2.75, 3.05) is 20.3 Å². The molecule has 0 amide bonds. The molecule has 22 heavy (non-hydrogen) atoms. The standard InChI is InChI=1S/C15H18O7/c1-8(16)22-13-11(17)7-10(14(18)19-2)9-3-4-15(12(9)13)20-5-6-21-15/h7,9,12-13H,3-6H2,1-2H3/t9-,12-,13-/m0/s1. The Hall–Kier alpha value is -1.73. The van der Waals surface area contributed by atoms with E-state index in [-0.39, 0.29) is 5.92 Å². The van der Waals surface area contributed by atoms with Crippen LogP contribution in [0.5, 0.6) is 0 Å². The van der Waals surface area contributed by atoms with Gasteiger partial charge in [-0.15, -0.1) is 0 Å². The van der Waals surface area contributed by atoms with Gasteiger partial charge < -0.3 is 18.9 Å². The molecule has 2 fully saturated rings. The zero-order valence-electron chi connectivity index (χ0n) is 12.5. The van der Waals surface area contributed by atoms with Crippen LogP contribution in [-0.4, -0.2) is 49.9 Å². The van der Waals surface area contributed by atoms with Crippen molar-refractivity contribution in [2.45, 2.75) is 31.7 Å². The van der Waals surface area contributed by atoms with Crippen LogP contribution in [0.2, 0.25) is 0 Å². The first-order valence-corrected chi connectivity index (χ1v) is 7.27. The molecule has 1 heterocycles. The van der Waals surface area contributed by atoms with Gasteiger partial charge in [-0.3, -0.25) is 9.59 Å². The van der Waals surface area contributed by atoms with Gasteiger partial charge in [0.25, 0.3) is 0 Å². The molecule has 0 aromatic carbocycles. The van der Waals surface area contributed by atoms with Crippen molar-refractivity contribution < 1.29 is 33.3 Å². The molecule has 1 saturated carbocycles. The van der Waals surface area contributed by atoms with Crippen molar-refractivity contribution >= 4 is 17.7 Å². The zero-order chi connectivity index (χ0) is 15.9. The normalized spacial score (nSPS) is 32.5. The third kappa shape index (κ3) is 2.24. The monoisotopic (exact) mass is 310 g/mol. The van der Waals surface area contributed by atoms with Crippen LogP contribution < -0.4 is 0 Å². The number of esters is 2. The molecule has 0 aromatic heterocycles. The molecule has 0 bridgehead atoms. The number of ether oxygens (including phenoxy) is 4. The van der Waals surface area contributed by atoms with E-state index in [0.29, 0.717) is 31.6 Å². The van der Waals surface area contributed by atoms with Crippen molar-refractivity contribution in [1.29, 1.82) is 0 Å². The summed E-state index contributed by atoms with van der Waals surface area (Å²) in [6.45, 7) is 2.09. The lowest BCUT2D eigenvalue weighted by molar-refractivity contribution is -0.212. The van der Waals surface area contributed by atoms with E-state index in [9.17, 15) is 14.4 Å². The van der Waals surface area contributed by atoms with Gasteiger partial charge in [0.2, 0.25) is 0 Å². The Bertz CT molecular complexity index is 544. The third-order valence-electron chi connectivity index (χ3n) is 4.54. The molecule has 1 spiro atoms. The zero-order valence-corrected chi connectivity index (χ0v) is 12.5. The quantitative estimate of drug-likeness (QED) is 0.681. The number of carbonyl (C=O) groups is 3. The van der Waals surface area contributed by atoms with Crippen LogP contribution in [0.1, 0.15) is 19.8 Å². The number of carbonyl (C=O) groups excluding carboxylic acids is 3. The first-order valence-electron chi connectivity index (χ1n) is 7.27. The highest BCUT2D eigenvalue weighted by Crippen LogP contribution is 2.52. The molecule has 0 unspecified atom stereocenters. The molecule has 1 aliphatic heterocycles. The van der Waals surface area contributed by atoms with E-state index in [2.05, 4.69) is 0 Å². The summed E-state index contributed by atoms with van der Waals surface area (Å²) in [5, 5.41) is 0. The highest BCUT2D eigenvalue weighted by atomic mass is 16.7. The second-order valence-electron chi connectivity index (χ2n) is 5.70. The van der Waals surface area contributed by atoms with E-state index in [0.717, 1.165) is 0 Å². The largest absolute Gasteiger partial charge is 0.466 e. The molecule has 3 atom stereocenters. The summed E-state index contributed by atoms with van der Waals surface area (Å²) in [6.07, 6.45) is 1.39. The van der Waals surface area contributed by atoms with Crippen LogP contribution in [0.25, 0.3) is 0 Å². The number of hydrogen-bond donors (Lipinski definition) is 0. The smallest absolute Gasteiger partial charge is 0.334 e. The van der Waals surface area contributed by atoms with E-state index in [4.69, 9.17) is 18.9 Å². The number of ketones is 1. The maximum absolute atomic E-state index is 12.4. The van der Waals surface area contributed by atoms with Gasteiger partial charge in [0, 0.05) is 24.8 Å². The summed E-state index contributed by atoms with van der Waals surface area (Å²) in [6, 6.07) is 0. The summed E-state index contributed by atoms with van der Waals surface area (Å²) < 4.78 is 21.5. The minimum Gasteiger partial charge on any atom is -0.466 e. The molecule has 3 rings (SSSR count). The molecule has 0 N–H and O–H groups in total. The van der Waals surface area contributed by atoms with Gasteiger partial charge in [0.15, 0.2) is 17.7 Å². The molecule has 2 aliphatic carbocycles. The Balaban J connectivity index is 2.01. The third-order valence-corrected chi connectivity index (χ3v) is 4.54. The fourth-order valence-electron chi connectivity index (χ4n) is 3.77. The lowest BCUT2D eigenvalue weighted by Crippen LogP contribution is -2.51. The Labute approximate surface area is 127 Å². The van der Waals surface area contributed by atoms with Gasteiger partial charge in [0.05, 0.1) is 26.2 Å². The summed E-state index contributed by atoms with van der Waals surface area (Å²) in [5.74, 6) is -3.30. The minimum atomic E-state index is -0.989. The average molecular weight is 310 g/mol. The van der Waals surface area contributed by atoms with Crippen LogP contribution in [0.15, 0.2) is 11.6 Å². The Morgan fingerprint density at radius 3 is 2.59 bits per heavy atom. The maximum atomic E-state index is 12.4. The second-order valence-corrected chi connectivity index (χ2v) is 5.70.